The average molecular weight is 264 g/mol. The standard InChI is InChI=1S/C13H16N2O4/c14-12(10(16)17)7-6-9(13(12,15)11(18)19)8-4-2-1-3-5-8/h1-5,9H,6-7,14-15H2,(H,16,17)(H,18,19). The second-order valence-corrected chi connectivity index (χ2v) is 4.95. The van der Waals surface area contributed by atoms with Gasteiger partial charge in [0.05, 0.1) is 0 Å². The second-order valence-electron chi connectivity index (χ2n) is 4.95. The molecule has 0 amide bonds. The summed E-state index contributed by atoms with van der Waals surface area (Å²) in [6, 6.07) is 8.79. The summed E-state index contributed by atoms with van der Waals surface area (Å²) >= 11 is 0. The van der Waals surface area contributed by atoms with Gasteiger partial charge in [0.15, 0.2) is 5.54 Å². The highest BCUT2D eigenvalue weighted by atomic mass is 16.4. The Bertz CT molecular complexity index is 519. The summed E-state index contributed by atoms with van der Waals surface area (Å²) in [6.07, 6.45) is 0.361. The number of carboxylic acid groups (broad SMARTS) is 2. The van der Waals surface area contributed by atoms with Gasteiger partial charge in [-0.25, -0.2) is 0 Å². The van der Waals surface area contributed by atoms with Crippen LogP contribution in [0.4, 0.5) is 0 Å². The fraction of sp³-hybridized carbons (Fsp3) is 0.385. The molecule has 19 heavy (non-hydrogen) atoms. The van der Waals surface area contributed by atoms with E-state index in [9.17, 15) is 19.8 Å². The molecule has 6 nitrogen and oxygen atoms in total. The third-order valence-electron chi connectivity index (χ3n) is 4.05. The van der Waals surface area contributed by atoms with E-state index in [-0.39, 0.29) is 6.42 Å². The Morgan fingerprint density at radius 3 is 2.16 bits per heavy atom. The molecule has 6 heteroatoms. The van der Waals surface area contributed by atoms with Crippen LogP contribution in [0.15, 0.2) is 30.3 Å². The van der Waals surface area contributed by atoms with Crippen molar-refractivity contribution in [3.05, 3.63) is 35.9 Å². The molecule has 1 aliphatic carbocycles. The summed E-state index contributed by atoms with van der Waals surface area (Å²) in [5.74, 6) is -3.38. The van der Waals surface area contributed by atoms with Crippen molar-refractivity contribution in [2.24, 2.45) is 11.5 Å². The lowest BCUT2D eigenvalue weighted by molar-refractivity contribution is -0.156. The zero-order valence-corrected chi connectivity index (χ0v) is 10.2. The number of hydrogen-bond acceptors (Lipinski definition) is 4. The molecule has 3 atom stereocenters. The lowest BCUT2D eigenvalue weighted by Crippen LogP contribution is -2.72. The van der Waals surface area contributed by atoms with Gasteiger partial charge in [-0.2, -0.15) is 0 Å². The van der Waals surface area contributed by atoms with E-state index in [0.717, 1.165) is 0 Å². The van der Waals surface area contributed by atoms with Gasteiger partial charge in [-0.15, -0.1) is 0 Å². The number of rotatable bonds is 3. The molecule has 0 aromatic heterocycles. The Morgan fingerprint density at radius 2 is 1.68 bits per heavy atom. The quantitative estimate of drug-likeness (QED) is 0.614. The van der Waals surface area contributed by atoms with Crippen molar-refractivity contribution in [1.82, 2.24) is 0 Å². The van der Waals surface area contributed by atoms with Crippen LogP contribution in [0.5, 0.6) is 0 Å². The van der Waals surface area contributed by atoms with Crippen LogP contribution >= 0.6 is 0 Å². The van der Waals surface area contributed by atoms with Gasteiger partial charge in [-0.1, -0.05) is 30.3 Å². The van der Waals surface area contributed by atoms with Crippen LogP contribution in [0, 0.1) is 0 Å². The van der Waals surface area contributed by atoms with Crippen molar-refractivity contribution in [1.29, 1.82) is 0 Å². The summed E-state index contributed by atoms with van der Waals surface area (Å²) in [4.78, 5) is 22.9. The van der Waals surface area contributed by atoms with Gasteiger partial charge < -0.3 is 21.7 Å². The van der Waals surface area contributed by atoms with E-state index < -0.39 is 28.9 Å². The van der Waals surface area contributed by atoms with Gasteiger partial charge in [0.1, 0.15) is 5.54 Å². The summed E-state index contributed by atoms with van der Waals surface area (Å²) in [5.41, 5.74) is 8.48. The summed E-state index contributed by atoms with van der Waals surface area (Å²) in [6.45, 7) is 0. The molecule has 0 radical (unpaired) electrons. The maximum Gasteiger partial charge on any atom is 0.326 e. The number of nitrogens with two attached hydrogens (primary N) is 2. The monoisotopic (exact) mass is 264 g/mol. The van der Waals surface area contributed by atoms with Crippen LogP contribution in [-0.2, 0) is 9.59 Å². The van der Waals surface area contributed by atoms with Crippen molar-refractivity contribution in [2.75, 3.05) is 0 Å². The third-order valence-corrected chi connectivity index (χ3v) is 4.05. The van der Waals surface area contributed by atoms with Crippen molar-refractivity contribution in [3.63, 3.8) is 0 Å². The van der Waals surface area contributed by atoms with E-state index in [2.05, 4.69) is 0 Å². The molecular formula is C13H16N2O4. The Labute approximate surface area is 110 Å². The first-order valence-corrected chi connectivity index (χ1v) is 5.93. The fourth-order valence-electron chi connectivity index (χ4n) is 2.86. The van der Waals surface area contributed by atoms with Crippen molar-refractivity contribution >= 4 is 11.9 Å². The predicted octanol–water partition coefficient (Wildman–Crippen LogP) is 0.128. The lowest BCUT2D eigenvalue weighted by Gasteiger charge is -2.37. The molecular weight excluding hydrogens is 248 g/mol. The molecule has 3 unspecified atom stereocenters. The minimum atomic E-state index is -2.01. The van der Waals surface area contributed by atoms with Gasteiger partial charge in [0.25, 0.3) is 0 Å². The third kappa shape index (κ3) is 1.72. The average Bonchev–Trinajstić information content (AvgIpc) is 2.66. The van der Waals surface area contributed by atoms with Crippen LogP contribution < -0.4 is 11.5 Å². The molecule has 102 valence electrons. The molecule has 1 aromatic rings. The molecule has 2 rings (SSSR count). The van der Waals surface area contributed by atoms with Crippen LogP contribution in [0.1, 0.15) is 24.3 Å². The van der Waals surface area contributed by atoms with Crippen LogP contribution in [0.25, 0.3) is 0 Å². The SMILES string of the molecule is NC1(C(=O)O)CCC(c2ccccc2)C1(N)C(=O)O. The van der Waals surface area contributed by atoms with Gasteiger partial charge >= 0.3 is 11.9 Å². The minimum Gasteiger partial charge on any atom is -0.480 e. The van der Waals surface area contributed by atoms with Crippen molar-refractivity contribution < 1.29 is 19.8 Å². The van der Waals surface area contributed by atoms with Gasteiger partial charge in [0, 0.05) is 5.92 Å². The fourth-order valence-corrected chi connectivity index (χ4v) is 2.86. The molecule has 0 spiro atoms. The molecule has 1 aromatic carbocycles. The first kappa shape index (κ1) is 13.5. The Kier molecular flexibility index (Phi) is 3.07. The van der Waals surface area contributed by atoms with Crippen LogP contribution in [0.3, 0.4) is 0 Å². The molecule has 1 aliphatic rings. The molecule has 6 N–H and O–H groups in total. The van der Waals surface area contributed by atoms with E-state index in [4.69, 9.17) is 11.5 Å². The number of hydrogen-bond donors (Lipinski definition) is 4. The zero-order chi connectivity index (χ0) is 14.3. The van der Waals surface area contributed by atoms with E-state index in [1.807, 2.05) is 0 Å². The minimum absolute atomic E-state index is 0.0324. The number of benzene rings is 1. The largest absolute Gasteiger partial charge is 0.480 e. The molecule has 1 saturated carbocycles. The van der Waals surface area contributed by atoms with Gasteiger partial charge in [-0.3, -0.25) is 9.59 Å². The van der Waals surface area contributed by atoms with E-state index in [1.54, 1.807) is 30.3 Å². The van der Waals surface area contributed by atoms with E-state index in [1.165, 1.54) is 0 Å². The van der Waals surface area contributed by atoms with Gasteiger partial charge in [0.2, 0.25) is 0 Å². The smallest absolute Gasteiger partial charge is 0.326 e. The predicted molar refractivity (Wildman–Crippen MR) is 67.5 cm³/mol. The summed E-state index contributed by atoms with van der Waals surface area (Å²) in [7, 11) is 0. The molecule has 0 saturated heterocycles. The Hall–Kier alpha value is -1.92. The van der Waals surface area contributed by atoms with E-state index >= 15 is 0 Å². The molecule has 1 fully saturated rings. The highest BCUT2D eigenvalue weighted by Crippen LogP contribution is 2.46. The molecule has 0 aliphatic heterocycles. The number of carbonyl (C=O) groups is 2. The number of aliphatic carboxylic acids is 2. The van der Waals surface area contributed by atoms with Crippen molar-refractivity contribution in [3.8, 4) is 0 Å². The maximum atomic E-state index is 11.6. The topological polar surface area (TPSA) is 127 Å². The first-order valence-electron chi connectivity index (χ1n) is 5.93. The normalized spacial score (nSPS) is 34.1. The van der Waals surface area contributed by atoms with Crippen LogP contribution in [0.2, 0.25) is 0 Å². The van der Waals surface area contributed by atoms with Crippen LogP contribution in [-0.4, -0.2) is 33.2 Å². The highest BCUT2D eigenvalue weighted by Gasteiger charge is 2.65. The molecule has 0 bridgehead atoms. The van der Waals surface area contributed by atoms with Gasteiger partial charge in [-0.05, 0) is 18.4 Å². The Balaban J connectivity index is 2.54. The lowest BCUT2D eigenvalue weighted by atomic mass is 9.74. The second kappa shape index (κ2) is 4.32. The summed E-state index contributed by atoms with van der Waals surface area (Å²) < 4.78 is 0. The Morgan fingerprint density at radius 1 is 1.11 bits per heavy atom. The molecule has 0 heterocycles. The van der Waals surface area contributed by atoms with E-state index in [0.29, 0.717) is 12.0 Å². The first-order chi connectivity index (χ1) is 8.84. The zero-order valence-electron chi connectivity index (χ0n) is 10.2. The van der Waals surface area contributed by atoms with Crippen molar-refractivity contribution in [2.45, 2.75) is 29.8 Å². The summed E-state index contributed by atoms with van der Waals surface area (Å²) in [5, 5.41) is 18.7. The maximum absolute atomic E-state index is 11.6. The highest BCUT2D eigenvalue weighted by molar-refractivity contribution is 5.94. The number of carboxylic acids is 2.